The molecule has 0 radical (unpaired) electrons. The van der Waals surface area contributed by atoms with Crippen LogP contribution >= 0.6 is 0 Å². The van der Waals surface area contributed by atoms with E-state index in [0.717, 1.165) is 0 Å². The van der Waals surface area contributed by atoms with Crippen molar-refractivity contribution in [2.75, 3.05) is 6.61 Å². The maximum absolute atomic E-state index is 12.2. The largest absolute Gasteiger partial charge is 0.479 e. The van der Waals surface area contributed by atoms with E-state index < -0.39 is 22.8 Å². The van der Waals surface area contributed by atoms with Crippen molar-refractivity contribution in [3.8, 4) is 0 Å². The van der Waals surface area contributed by atoms with Gasteiger partial charge >= 0.3 is 5.97 Å². The zero-order valence-corrected chi connectivity index (χ0v) is 12.3. The van der Waals surface area contributed by atoms with Crippen LogP contribution in [0.1, 0.15) is 37.6 Å². The van der Waals surface area contributed by atoms with Crippen LogP contribution < -0.4 is 5.32 Å². The molecule has 0 aliphatic heterocycles. The average Bonchev–Trinajstić information content (AvgIpc) is 2.46. The number of aliphatic carboxylic acids is 1. The smallest absolute Gasteiger partial charge is 0.330 e. The van der Waals surface area contributed by atoms with Gasteiger partial charge in [0.25, 0.3) is 5.91 Å². The number of hydrogen-bond acceptors (Lipinski definition) is 5. The lowest BCUT2D eigenvalue weighted by Crippen LogP contribution is -2.76. The number of rotatable bonds is 5. The van der Waals surface area contributed by atoms with Gasteiger partial charge in [-0.1, -0.05) is 13.8 Å². The van der Waals surface area contributed by atoms with Crippen LogP contribution in [0.4, 0.5) is 0 Å². The molecule has 2 unspecified atom stereocenters. The topological polar surface area (TPSA) is 101 Å². The second kappa shape index (κ2) is 5.40. The van der Waals surface area contributed by atoms with E-state index in [9.17, 15) is 14.7 Å². The normalized spacial score (nSPS) is 26.7. The highest BCUT2D eigenvalue weighted by molar-refractivity contribution is 5.98. The summed E-state index contributed by atoms with van der Waals surface area (Å²) >= 11 is 0. The minimum atomic E-state index is -1.35. The summed E-state index contributed by atoms with van der Waals surface area (Å²) in [5, 5.41) is 12.2. The van der Waals surface area contributed by atoms with Gasteiger partial charge < -0.3 is 15.2 Å². The number of nitrogens with zero attached hydrogens (tertiary/aromatic N) is 2. The molecule has 1 amide bonds. The van der Waals surface area contributed by atoms with Crippen LogP contribution in [0, 0.1) is 5.41 Å². The molecule has 114 valence electrons. The predicted octanol–water partition coefficient (Wildman–Crippen LogP) is 0.865. The highest BCUT2D eigenvalue weighted by Gasteiger charge is 2.66. The monoisotopic (exact) mass is 293 g/mol. The number of hydrogen-bond donors (Lipinski definition) is 2. The van der Waals surface area contributed by atoms with E-state index in [-0.39, 0.29) is 18.1 Å². The molecule has 1 aliphatic carbocycles. The van der Waals surface area contributed by atoms with Gasteiger partial charge in [0.15, 0.2) is 0 Å². The van der Waals surface area contributed by atoms with Gasteiger partial charge in [-0.25, -0.2) is 14.8 Å². The fourth-order valence-corrected chi connectivity index (χ4v) is 2.72. The van der Waals surface area contributed by atoms with Crippen LogP contribution in [0.3, 0.4) is 0 Å². The molecule has 1 aliphatic rings. The Balaban J connectivity index is 2.22. The van der Waals surface area contributed by atoms with Crippen molar-refractivity contribution < 1.29 is 19.4 Å². The molecule has 7 heteroatoms. The van der Waals surface area contributed by atoms with Gasteiger partial charge in [-0.05, 0) is 6.92 Å². The van der Waals surface area contributed by atoms with E-state index >= 15 is 0 Å². The van der Waals surface area contributed by atoms with Crippen molar-refractivity contribution in [2.45, 2.75) is 38.8 Å². The van der Waals surface area contributed by atoms with E-state index in [0.29, 0.717) is 6.61 Å². The molecule has 1 saturated carbocycles. The highest BCUT2D eigenvalue weighted by Crippen LogP contribution is 2.51. The Morgan fingerprint density at radius 3 is 2.52 bits per heavy atom. The van der Waals surface area contributed by atoms with Crippen LogP contribution in [0.2, 0.25) is 0 Å². The fourth-order valence-electron chi connectivity index (χ4n) is 2.72. The summed E-state index contributed by atoms with van der Waals surface area (Å²) in [5.41, 5.74) is -1.83. The van der Waals surface area contributed by atoms with Gasteiger partial charge in [-0.2, -0.15) is 0 Å². The Labute approximate surface area is 122 Å². The van der Waals surface area contributed by atoms with Gasteiger partial charge in [0.1, 0.15) is 11.9 Å². The molecule has 1 aromatic rings. The third-order valence-corrected chi connectivity index (χ3v) is 4.28. The molecule has 0 bridgehead atoms. The lowest BCUT2D eigenvalue weighted by Gasteiger charge is -2.58. The Morgan fingerprint density at radius 2 is 2.05 bits per heavy atom. The van der Waals surface area contributed by atoms with Gasteiger partial charge in [0.05, 0.1) is 11.7 Å². The molecule has 1 aromatic heterocycles. The number of carboxylic acids is 1. The zero-order valence-electron chi connectivity index (χ0n) is 12.3. The van der Waals surface area contributed by atoms with E-state index in [1.807, 2.05) is 6.92 Å². The second-order valence-corrected chi connectivity index (χ2v) is 5.66. The zero-order chi connectivity index (χ0) is 15.7. The first-order valence-electron chi connectivity index (χ1n) is 6.77. The van der Waals surface area contributed by atoms with Crippen molar-refractivity contribution in [3.05, 3.63) is 24.3 Å². The van der Waals surface area contributed by atoms with Gasteiger partial charge in [-0.15, -0.1) is 0 Å². The van der Waals surface area contributed by atoms with Gasteiger partial charge in [0.2, 0.25) is 0 Å². The number of carbonyl (C=O) groups excluding carboxylic acids is 1. The molecule has 0 aromatic carbocycles. The lowest BCUT2D eigenvalue weighted by atomic mass is 9.54. The molecular formula is C14H19N3O4. The van der Waals surface area contributed by atoms with Crippen molar-refractivity contribution >= 4 is 11.9 Å². The number of nitrogens with one attached hydrogen (secondary N) is 1. The minimum absolute atomic E-state index is 0.203. The number of aromatic nitrogens is 2. The van der Waals surface area contributed by atoms with Crippen molar-refractivity contribution in [1.82, 2.24) is 15.3 Å². The first-order chi connectivity index (χ1) is 9.85. The Morgan fingerprint density at radius 1 is 1.43 bits per heavy atom. The van der Waals surface area contributed by atoms with Crippen LogP contribution in [-0.2, 0) is 9.53 Å². The summed E-state index contributed by atoms with van der Waals surface area (Å²) in [6, 6.07) is 0. The molecule has 2 atom stereocenters. The standard InChI is InChI=1S/C14H19N3O4/c1-4-21-10-5-14(12(19)20,13(10,2)3)17-11(18)9-6-15-8-16-7-9/h6-8,10H,4-5H2,1-3H3,(H,17,18)(H,19,20). The first-order valence-corrected chi connectivity index (χ1v) is 6.77. The van der Waals surface area contributed by atoms with Crippen LogP contribution in [0.25, 0.3) is 0 Å². The van der Waals surface area contributed by atoms with Crippen molar-refractivity contribution in [1.29, 1.82) is 0 Å². The molecule has 1 fully saturated rings. The first kappa shape index (κ1) is 15.4. The summed E-state index contributed by atoms with van der Waals surface area (Å²) < 4.78 is 5.55. The highest BCUT2D eigenvalue weighted by atomic mass is 16.5. The van der Waals surface area contributed by atoms with Crippen LogP contribution in [-0.4, -0.2) is 45.2 Å². The van der Waals surface area contributed by atoms with E-state index in [2.05, 4.69) is 15.3 Å². The summed E-state index contributed by atoms with van der Waals surface area (Å²) in [6.45, 7) is 5.93. The SMILES string of the molecule is CCOC1CC(NC(=O)c2cncnc2)(C(=O)O)C1(C)C. The third-order valence-electron chi connectivity index (χ3n) is 4.28. The molecule has 2 rings (SSSR count). The van der Waals surface area contributed by atoms with Crippen LogP contribution in [0.5, 0.6) is 0 Å². The second-order valence-electron chi connectivity index (χ2n) is 5.66. The van der Waals surface area contributed by atoms with Gasteiger partial charge in [0, 0.05) is 30.8 Å². The number of ether oxygens (including phenoxy) is 1. The van der Waals surface area contributed by atoms with E-state index in [4.69, 9.17) is 4.74 Å². The molecule has 0 saturated heterocycles. The maximum atomic E-state index is 12.2. The van der Waals surface area contributed by atoms with E-state index in [1.54, 1.807) is 13.8 Å². The molecule has 2 N–H and O–H groups in total. The number of amides is 1. The summed E-state index contributed by atoms with van der Waals surface area (Å²) in [5.74, 6) is -1.56. The Bertz CT molecular complexity index is 546. The third kappa shape index (κ3) is 2.37. The summed E-state index contributed by atoms with van der Waals surface area (Å²) in [4.78, 5) is 31.5. The van der Waals surface area contributed by atoms with Gasteiger partial charge in [-0.3, -0.25) is 4.79 Å². The Kier molecular flexibility index (Phi) is 3.95. The molecule has 21 heavy (non-hydrogen) atoms. The molecule has 7 nitrogen and oxygen atoms in total. The Hall–Kier alpha value is -2.02. The van der Waals surface area contributed by atoms with E-state index in [1.165, 1.54) is 18.7 Å². The number of carboxylic acid groups (broad SMARTS) is 1. The fraction of sp³-hybridized carbons (Fsp3) is 0.571. The van der Waals surface area contributed by atoms with Crippen molar-refractivity contribution in [3.63, 3.8) is 0 Å². The predicted molar refractivity (Wildman–Crippen MR) is 73.7 cm³/mol. The van der Waals surface area contributed by atoms with Crippen molar-refractivity contribution in [2.24, 2.45) is 5.41 Å². The molecular weight excluding hydrogens is 274 g/mol. The maximum Gasteiger partial charge on any atom is 0.330 e. The lowest BCUT2D eigenvalue weighted by molar-refractivity contribution is -0.190. The van der Waals surface area contributed by atoms with Crippen LogP contribution in [0.15, 0.2) is 18.7 Å². The quantitative estimate of drug-likeness (QED) is 0.835. The molecule has 1 heterocycles. The summed E-state index contributed by atoms with van der Waals surface area (Å²) in [6.07, 6.45) is 4.05. The molecule has 0 spiro atoms. The minimum Gasteiger partial charge on any atom is -0.479 e. The summed E-state index contributed by atoms with van der Waals surface area (Å²) in [7, 11) is 0. The average molecular weight is 293 g/mol. The number of carbonyl (C=O) groups is 2.